The Morgan fingerprint density at radius 3 is 2.71 bits per heavy atom. The van der Waals surface area contributed by atoms with Crippen molar-refractivity contribution in [2.45, 2.75) is 51.3 Å². The highest BCUT2D eigenvalue weighted by Gasteiger charge is 2.36. The summed E-state index contributed by atoms with van der Waals surface area (Å²) >= 11 is 0. The predicted molar refractivity (Wildman–Crippen MR) is 91.8 cm³/mol. The predicted octanol–water partition coefficient (Wildman–Crippen LogP) is 2.06. The van der Waals surface area contributed by atoms with Gasteiger partial charge in [0.2, 0.25) is 15.9 Å². The summed E-state index contributed by atoms with van der Waals surface area (Å²) in [4.78, 5) is 24.6. The van der Waals surface area contributed by atoms with Crippen molar-refractivity contribution in [1.29, 1.82) is 0 Å². The Labute approximate surface area is 143 Å². The van der Waals surface area contributed by atoms with E-state index in [-0.39, 0.29) is 11.8 Å². The molecule has 1 atom stereocenters. The minimum absolute atomic E-state index is 0.0427. The molecule has 1 aliphatic heterocycles. The standard InChI is InChI=1S/C17H24N2O4S/c1-3-4-5-8-13(2)18-16(20)11-19-17(21)15-10-7-6-9-14(15)12-24(19,22)23/h6-7,9-10,13H,3-5,8,11-12H2,1-2H3,(H,18,20). The molecular weight excluding hydrogens is 328 g/mol. The summed E-state index contributed by atoms with van der Waals surface area (Å²) < 4.78 is 25.3. The van der Waals surface area contributed by atoms with Crippen LogP contribution in [-0.2, 0) is 20.6 Å². The minimum atomic E-state index is -3.81. The van der Waals surface area contributed by atoms with Gasteiger partial charge in [-0.15, -0.1) is 0 Å². The molecule has 0 aliphatic carbocycles. The van der Waals surface area contributed by atoms with Gasteiger partial charge in [-0.05, 0) is 25.0 Å². The fourth-order valence-corrected chi connectivity index (χ4v) is 4.25. The average molecular weight is 352 g/mol. The Morgan fingerprint density at radius 2 is 2.00 bits per heavy atom. The van der Waals surface area contributed by atoms with E-state index < -0.39 is 28.4 Å². The molecule has 1 N–H and O–H groups in total. The molecule has 1 aliphatic rings. The Hall–Kier alpha value is -1.89. The number of rotatable bonds is 7. The summed E-state index contributed by atoms with van der Waals surface area (Å²) in [5.74, 6) is -1.34. The lowest BCUT2D eigenvalue weighted by molar-refractivity contribution is -0.121. The third kappa shape index (κ3) is 4.35. The summed E-state index contributed by atoms with van der Waals surface area (Å²) in [6, 6.07) is 6.55. The van der Waals surface area contributed by atoms with Crippen LogP contribution in [0.4, 0.5) is 0 Å². The molecular formula is C17H24N2O4S. The van der Waals surface area contributed by atoms with Gasteiger partial charge in [-0.3, -0.25) is 9.59 Å². The SMILES string of the molecule is CCCCCC(C)NC(=O)CN1C(=O)c2ccccc2CS1(=O)=O. The zero-order chi connectivity index (χ0) is 17.7. The first-order valence-electron chi connectivity index (χ1n) is 8.27. The Morgan fingerprint density at radius 1 is 1.29 bits per heavy atom. The molecule has 0 spiro atoms. The molecule has 2 rings (SSSR count). The highest BCUT2D eigenvalue weighted by Crippen LogP contribution is 2.24. The van der Waals surface area contributed by atoms with E-state index in [4.69, 9.17) is 0 Å². The molecule has 0 bridgehead atoms. The monoisotopic (exact) mass is 352 g/mol. The van der Waals surface area contributed by atoms with Crippen LogP contribution >= 0.6 is 0 Å². The smallest absolute Gasteiger partial charge is 0.268 e. The number of benzene rings is 1. The molecule has 0 saturated carbocycles. The van der Waals surface area contributed by atoms with Crippen LogP contribution in [0.15, 0.2) is 24.3 Å². The average Bonchev–Trinajstić information content (AvgIpc) is 2.51. The number of unbranched alkanes of at least 4 members (excludes halogenated alkanes) is 2. The van der Waals surface area contributed by atoms with Crippen molar-refractivity contribution in [3.63, 3.8) is 0 Å². The second-order valence-corrected chi connectivity index (χ2v) is 8.08. The van der Waals surface area contributed by atoms with Crippen molar-refractivity contribution in [2.24, 2.45) is 0 Å². The lowest BCUT2D eigenvalue weighted by atomic mass is 10.1. The van der Waals surface area contributed by atoms with Gasteiger partial charge >= 0.3 is 0 Å². The molecule has 1 heterocycles. The number of sulfonamides is 1. The van der Waals surface area contributed by atoms with E-state index in [1.165, 1.54) is 0 Å². The second kappa shape index (κ2) is 7.79. The van der Waals surface area contributed by atoms with Gasteiger partial charge in [0.05, 0.1) is 5.75 Å². The van der Waals surface area contributed by atoms with Crippen LogP contribution in [0.1, 0.15) is 55.5 Å². The number of fused-ring (bicyclic) bond motifs is 1. The molecule has 6 nitrogen and oxygen atoms in total. The van der Waals surface area contributed by atoms with Crippen LogP contribution in [-0.4, -0.2) is 37.1 Å². The van der Waals surface area contributed by atoms with Crippen molar-refractivity contribution < 1.29 is 18.0 Å². The molecule has 0 aromatic heterocycles. The molecule has 7 heteroatoms. The van der Waals surface area contributed by atoms with E-state index in [0.29, 0.717) is 15.4 Å². The number of nitrogens with one attached hydrogen (secondary N) is 1. The summed E-state index contributed by atoms with van der Waals surface area (Å²) in [6.07, 6.45) is 4.03. The number of nitrogens with zero attached hydrogens (tertiary/aromatic N) is 1. The molecule has 24 heavy (non-hydrogen) atoms. The molecule has 0 fully saturated rings. The first-order valence-corrected chi connectivity index (χ1v) is 9.88. The van der Waals surface area contributed by atoms with Gasteiger partial charge in [0.25, 0.3) is 5.91 Å². The van der Waals surface area contributed by atoms with E-state index in [0.717, 1.165) is 25.7 Å². The highest BCUT2D eigenvalue weighted by molar-refractivity contribution is 7.89. The number of hydrogen-bond acceptors (Lipinski definition) is 4. The number of hydrogen-bond donors (Lipinski definition) is 1. The molecule has 1 unspecified atom stereocenters. The Bertz CT molecular complexity index is 715. The second-order valence-electron chi connectivity index (χ2n) is 6.19. The van der Waals surface area contributed by atoms with Gasteiger partial charge in [-0.25, -0.2) is 12.7 Å². The summed E-state index contributed by atoms with van der Waals surface area (Å²) in [5, 5.41) is 2.77. The number of carbonyl (C=O) groups excluding carboxylic acids is 2. The van der Waals surface area contributed by atoms with Crippen LogP contribution in [0.3, 0.4) is 0 Å². The van der Waals surface area contributed by atoms with Crippen LogP contribution < -0.4 is 5.32 Å². The van der Waals surface area contributed by atoms with Gasteiger partial charge in [0.1, 0.15) is 6.54 Å². The van der Waals surface area contributed by atoms with Crippen LogP contribution in [0, 0.1) is 0 Å². The summed E-state index contributed by atoms with van der Waals surface area (Å²) in [5.41, 5.74) is 0.822. The lowest BCUT2D eigenvalue weighted by Gasteiger charge is -2.28. The number of amides is 2. The summed E-state index contributed by atoms with van der Waals surface area (Å²) in [7, 11) is -3.81. The zero-order valence-electron chi connectivity index (χ0n) is 14.1. The van der Waals surface area contributed by atoms with E-state index in [1.807, 2.05) is 6.92 Å². The van der Waals surface area contributed by atoms with Gasteiger partial charge in [0, 0.05) is 11.6 Å². The largest absolute Gasteiger partial charge is 0.352 e. The fourth-order valence-electron chi connectivity index (χ4n) is 2.78. The molecule has 2 amide bonds. The maximum atomic E-state index is 12.4. The van der Waals surface area contributed by atoms with Crippen molar-refractivity contribution in [3.05, 3.63) is 35.4 Å². The third-order valence-electron chi connectivity index (χ3n) is 4.08. The van der Waals surface area contributed by atoms with E-state index in [1.54, 1.807) is 24.3 Å². The zero-order valence-corrected chi connectivity index (χ0v) is 14.9. The molecule has 132 valence electrons. The van der Waals surface area contributed by atoms with Crippen molar-refractivity contribution in [2.75, 3.05) is 6.54 Å². The maximum Gasteiger partial charge on any atom is 0.268 e. The summed E-state index contributed by atoms with van der Waals surface area (Å²) in [6.45, 7) is 3.52. The molecule has 1 aromatic carbocycles. The molecule has 0 radical (unpaired) electrons. The van der Waals surface area contributed by atoms with Crippen molar-refractivity contribution >= 4 is 21.8 Å². The van der Waals surface area contributed by atoms with Crippen molar-refractivity contribution in [1.82, 2.24) is 9.62 Å². The van der Waals surface area contributed by atoms with Gasteiger partial charge in [-0.1, -0.05) is 44.4 Å². The van der Waals surface area contributed by atoms with Gasteiger partial charge in [-0.2, -0.15) is 0 Å². The topological polar surface area (TPSA) is 83.6 Å². The van der Waals surface area contributed by atoms with Crippen LogP contribution in [0.25, 0.3) is 0 Å². The quantitative estimate of drug-likeness (QED) is 0.761. The van der Waals surface area contributed by atoms with E-state index >= 15 is 0 Å². The highest BCUT2D eigenvalue weighted by atomic mass is 32.2. The number of carbonyl (C=O) groups is 2. The van der Waals surface area contributed by atoms with E-state index in [9.17, 15) is 18.0 Å². The Kier molecular flexibility index (Phi) is 5.99. The third-order valence-corrected chi connectivity index (χ3v) is 5.73. The Balaban J connectivity index is 2.03. The minimum Gasteiger partial charge on any atom is -0.352 e. The normalized spacial score (nSPS) is 17.2. The van der Waals surface area contributed by atoms with Crippen LogP contribution in [0.2, 0.25) is 0 Å². The first kappa shape index (κ1) is 18.4. The van der Waals surface area contributed by atoms with Crippen LogP contribution in [0.5, 0.6) is 0 Å². The maximum absolute atomic E-state index is 12.4. The molecule has 0 saturated heterocycles. The fraction of sp³-hybridized carbons (Fsp3) is 0.529. The van der Waals surface area contributed by atoms with Crippen molar-refractivity contribution in [3.8, 4) is 0 Å². The first-order chi connectivity index (χ1) is 11.3. The lowest BCUT2D eigenvalue weighted by Crippen LogP contribution is -2.48. The van der Waals surface area contributed by atoms with Gasteiger partial charge in [0.15, 0.2) is 0 Å². The van der Waals surface area contributed by atoms with E-state index in [2.05, 4.69) is 12.2 Å². The molecule has 1 aromatic rings. The van der Waals surface area contributed by atoms with Gasteiger partial charge < -0.3 is 5.32 Å².